The molecule has 0 radical (unpaired) electrons. The Morgan fingerprint density at radius 2 is 1.96 bits per heavy atom. The van der Waals surface area contributed by atoms with Crippen molar-refractivity contribution in [1.82, 2.24) is 15.1 Å². The zero-order valence-electron chi connectivity index (χ0n) is 15.0. The molecule has 9 heteroatoms. The third-order valence-electron chi connectivity index (χ3n) is 3.73. The summed E-state index contributed by atoms with van der Waals surface area (Å²) in [5.74, 6) is 1.17. The number of benzene rings is 2. The SMILES string of the molecule is CN(Cc1ccccc1Br)C(=O)CSc1nnc(COc2ccc(Cl)cc2)o1. The Kier molecular flexibility index (Phi) is 7.36. The molecular weight excluding hydrogens is 466 g/mol. The molecule has 3 rings (SSSR count). The molecular formula is C19H17BrClN3O3S. The van der Waals surface area contributed by atoms with Gasteiger partial charge in [-0.1, -0.05) is 57.5 Å². The van der Waals surface area contributed by atoms with Crippen LogP contribution in [0.25, 0.3) is 0 Å². The lowest BCUT2D eigenvalue weighted by molar-refractivity contribution is -0.127. The van der Waals surface area contributed by atoms with Crippen LogP contribution in [-0.4, -0.2) is 33.8 Å². The highest BCUT2D eigenvalue weighted by Gasteiger charge is 2.14. The van der Waals surface area contributed by atoms with E-state index < -0.39 is 0 Å². The van der Waals surface area contributed by atoms with Gasteiger partial charge in [-0.2, -0.15) is 0 Å². The Morgan fingerprint density at radius 3 is 2.71 bits per heavy atom. The molecule has 0 bridgehead atoms. The first-order valence-electron chi connectivity index (χ1n) is 8.32. The van der Waals surface area contributed by atoms with E-state index in [0.717, 1.165) is 10.0 Å². The standard InChI is InChI=1S/C19H17BrClN3O3S/c1-24(10-13-4-2-3-5-16(13)20)18(25)12-28-19-23-22-17(27-19)11-26-15-8-6-14(21)7-9-15/h2-9H,10-12H2,1H3. The number of ether oxygens (including phenoxy) is 1. The Bertz CT molecular complexity index is 936. The highest BCUT2D eigenvalue weighted by Crippen LogP contribution is 2.21. The summed E-state index contributed by atoms with van der Waals surface area (Å²) in [6, 6.07) is 14.8. The first-order chi connectivity index (χ1) is 13.5. The van der Waals surface area contributed by atoms with Crippen LogP contribution in [0.3, 0.4) is 0 Å². The second-order valence-electron chi connectivity index (χ2n) is 5.83. The summed E-state index contributed by atoms with van der Waals surface area (Å²) < 4.78 is 12.0. The predicted octanol–water partition coefficient (Wildman–Crippen LogP) is 4.82. The summed E-state index contributed by atoms with van der Waals surface area (Å²) in [4.78, 5) is 14.0. The fourth-order valence-electron chi connectivity index (χ4n) is 2.23. The quantitative estimate of drug-likeness (QED) is 0.429. The summed E-state index contributed by atoms with van der Waals surface area (Å²) in [6.45, 7) is 0.663. The molecule has 0 aliphatic carbocycles. The van der Waals surface area contributed by atoms with Crippen molar-refractivity contribution < 1.29 is 13.9 Å². The van der Waals surface area contributed by atoms with Gasteiger partial charge in [0.15, 0.2) is 6.61 Å². The first-order valence-corrected chi connectivity index (χ1v) is 10.5. The minimum absolute atomic E-state index is 0.0297. The molecule has 0 aliphatic heterocycles. The third kappa shape index (κ3) is 5.98. The lowest BCUT2D eigenvalue weighted by Gasteiger charge is -2.17. The number of rotatable bonds is 8. The number of halogens is 2. The molecule has 0 unspecified atom stereocenters. The number of hydrogen-bond donors (Lipinski definition) is 0. The smallest absolute Gasteiger partial charge is 0.277 e. The minimum atomic E-state index is -0.0297. The molecule has 1 heterocycles. The fourth-order valence-corrected chi connectivity index (χ4v) is 3.49. The molecule has 146 valence electrons. The Hall–Kier alpha value is -2.03. The number of hydrogen-bond acceptors (Lipinski definition) is 6. The summed E-state index contributed by atoms with van der Waals surface area (Å²) >= 11 is 10.5. The molecule has 3 aromatic rings. The highest BCUT2D eigenvalue weighted by molar-refractivity contribution is 9.10. The predicted molar refractivity (Wildman–Crippen MR) is 111 cm³/mol. The van der Waals surface area contributed by atoms with Crippen molar-refractivity contribution >= 4 is 45.2 Å². The van der Waals surface area contributed by atoms with Crippen LogP contribution in [0.1, 0.15) is 11.5 Å². The number of carbonyl (C=O) groups excluding carboxylic acids is 1. The average molecular weight is 483 g/mol. The highest BCUT2D eigenvalue weighted by atomic mass is 79.9. The van der Waals surface area contributed by atoms with E-state index in [9.17, 15) is 4.79 Å². The normalized spacial score (nSPS) is 10.7. The van der Waals surface area contributed by atoms with Crippen LogP contribution in [-0.2, 0) is 17.9 Å². The topological polar surface area (TPSA) is 68.5 Å². The van der Waals surface area contributed by atoms with E-state index in [1.807, 2.05) is 24.3 Å². The van der Waals surface area contributed by atoms with Crippen molar-refractivity contribution in [2.24, 2.45) is 0 Å². The van der Waals surface area contributed by atoms with Crippen molar-refractivity contribution in [3.8, 4) is 5.75 Å². The summed E-state index contributed by atoms with van der Waals surface area (Å²) in [5, 5.41) is 8.84. The van der Waals surface area contributed by atoms with Crippen LogP contribution in [0.5, 0.6) is 5.75 Å². The number of nitrogens with zero attached hydrogens (tertiary/aromatic N) is 3. The van der Waals surface area contributed by atoms with Gasteiger partial charge in [0.25, 0.3) is 11.1 Å². The van der Waals surface area contributed by atoms with Crippen molar-refractivity contribution in [1.29, 1.82) is 0 Å². The van der Waals surface area contributed by atoms with Crippen molar-refractivity contribution in [2.75, 3.05) is 12.8 Å². The first kappa shape index (κ1) is 20.7. The molecule has 1 aromatic heterocycles. The fraction of sp³-hybridized carbons (Fsp3) is 0.211. The number of thioether (sulfide) groups is 1. The molecule has 28 heavy (non-hydrogen) atoms. The van der Waals surface area contributed by atoms with Gasteiger partial charge in [0, 0.05) is 23.1 Å². The second kappa shape index (κ2) is 9.95. The molecule has 0 saturated carbocycles. The van der Waals surface area contributed by atoms with E-state index in [2.05, 4.69) is 26.1 Å². The van der Waals surface area contributed by atoms with Crippen molar-refractivity contribution in [2.45, 2.75) is 18.4 Å². The largest absolute Gasteiger partial charge is 0.484 e. The number of amides is 1. The van der Waals surface area contributed by atoms with Gasteiger partial charge in [-0.05, 0) is 35.9 Å². The van der Waals surface area contributed by atoms with E-state index in [-0.39, 0.29) is 18.3 Å². The maximum absolute atomic E-state index is 12.3. The number of carbonyl (C=O) groups is 1. The molecule has 2 aromatic carbocycles. The molecule has 0 spiro atoms. The molecule has 0 fully saturated rings. The van der Waals surface area contributed by atoms with E-state index in [1.165, 1.54) is 11.8 Å². The van der Waals surface area contributed by atoms with Crippen LogP contribution >= 0.6 is 39.3 Å². The van der Waals surface area contributed by atoms with Gasteiger partial charge in [-0.3, -0.25) is 4.79 Å². The third-order valence-corrected chi connectivity index (χ3v) is 5.56. The Morgan fingerprint density at radius 1 is 1.21 bits per heavy atom. The van der Waals surface area contributed by atoms with Gasteiger partial charge >= 0.3 is 0 Å². The van der Waals surface area contributed by atoms with Crippen LogP contribution in [0.4, 0.5) is 0 Å². The van der Waals surface area contributed by atoms with E-state index in [0.29, 0.717) is 28.4 Å². The molecule has 0 atom stereocenters. The lowest BCUT2D eigenvalue weighted by Crippen LogP contribution is -2.27. The van der Waals surface area contributed by atoms with Crippen LogP contribution in [0, 0.1) is 0 Å². The minimum Gasteiger partial charge on any atom is -0.484 e. The van der Waals surface area contributed by atoms with Gasteiger partial charge in [0.2, 0.25) is 5.91 Å². The van der Waals surface area contributed by atoms with Gasteiger partial charge in [-0.25, -0.2) is 0 Å². The van der Waals surface area contributed by atoms with Gasteiger partial charge in [0.1, 0.15) is 5.75 Å². The monoisotopic (exact) mass is 481 g/mol. The van der Waals surface area contributed by atoms with E-state index >= 15 is 0 Å². The molecule has 0 saturated heterocycles. The van der Waals surface area contributed by atoms with Crippen molar-refractivity contribution in [3.05, 3.63) is 69.5 Å². The van der Waals surface area contributed by atoms with Gasteiger partial charge in [0.05, 0.1) is 5.75 Å². The van der Waals surface area contributed by atoms with Crippen LogP contribution in [0.2, 0.25) is 5.02 Å². The molecule has 6 nitrogen and oxygen atoms in total. The zero-order chi connectivity index (χ0) is 19.9. The Balaban J connectivity index is 1.46. The van der Waals surface area contributed by atoms with Gasteiger partial charge in [-0.15, -0.1) is 10.2 Å². The van der Waals surface area contributed by atoms with E-state index in [4.69, 9.17) is 20.8 Å². The maximum Gasteiger partial charge on any atom is 0.277 e. The lowest BCUT2D eigenvalue weighted by atomic mass is 10.2. The molecule has 0 N–H and O–H groups in total. The summed E-state index contributed by atoms with van der Waals surface area (Å²) in [7, 11) is 1.77. The van der Waals surface area contributed by atoms with Crippen molar-refractivity contribution in [3.63, 3.8) is 0 Å². The maximum atomic E-state index is 12.3. The molecule has 1 amide bonds. The molecule has 0 aliphatic rings. The van der Waals surface area contributed by atoms with Gasteiger partial charge < -0.3 is 14.1 Å². The average Bonchev–Trinajstić information content (AvgIpc) is 3.15. The Labute approximate surface area is 180 Å². The zero-order valence-corrected chi connectivity index (χ0v) is 18.1. The number of aromatic nitrogens is 2. The van der Waals surface area contributed by atoms with E-state index in [1.54, 1.807) is 36.2 Å². The second-order valence-corrected chi connectivity index (χ2v) is 8.05. The summed E-state index contributed by atoms with van der Waals surface area (Å²) in [6.07, 6.45) is 0. The van der Waals surface area contributed by atoms with Crippen LogP contribution < -0.4 is 4.74 Å². The summed E-state index contributed by atoms with van der Waals surface area (Å²) in [5.41, 5.74) is 1.04. The van der Waals surface area contributed by atoms with Crippen LogP contribution in [0.15, 0.2) is 62.6 Å².